The number of hydrogen-bond donors (Lipinski definition) is 1. The number of pyridine rings is 2. The molecule has 0 saturated carbocycles. The maximum Gasteiger partial charge on any atom is 0.196 e. The molecule has 5 nitrogen and oxygen atoms in total. The van der Waals surface area contributed by atoms with Gasteiger partial charge in [0.1, 0.15) is 5.75 Å². The molecule has 0 unspecified atom stereocenters. The predicted molar refractivity (Wildman–Crippen MR) is 104 cm³/mol. The van der Waals surface area contributed by atoms with Crippen molar-refractivity contribution in [2.75, 3.05) is 4.72 Å². The quantitative estimate of drug-likeness (QED) is 0.487. The molecule has 0 atom stereocenters. The maximum atomic E-state index is 12.7. The van der Waals surface area contributed by atoms with Crippen LogP contribution < -0.4 is 9.46 Å². The van der Waals surface area contributed by atoms with E-state index in [0.717, 1.165) is 10.6 Å². The molecule has 26 heavy (non-hydrogen) atoms. The van der Waals surface area contributed by atoms with Crippen molar-refractivity contribution < 1.29 is 9.53 Å². The summed E-state index contributed by atoms with van der Waals surface area (Å²) >= 11 is 1.43. The largest absolute Gasteiger partial charge is 0.491 e. The van der Waals surface area contributed by atoms with E-state index >= 15 is 0 Å². The minimum atomic E-state index is -0.0933. The highest BCUT2D eigenvalue weighted by Gasteiger charge is 2.14. The van der Waals surface area contributed by atoms with Crippen molar-refractivity contribution in [3.05, 3.63) is 78.4 Å². The van der Waals surface area contributed by atoms with E-state index in [1.54, 1.807) is 43.0 Å². The Morgan fingerprint density at radius 2 is 1.69 bits per heavy atom. The Morgan fingerprint density at radius 1 is 1.00 bits per heavy atom. The molecule has 0 aliphatic rings. The van der Waals surface area contributed by atoms with Gasteiger partial charge in [-0.15, -0.1) is 0 Å². The number of carbonyl (C=O) groups is 1. The SMILES string of the molecule is CC(C)Oc1ccc(SNc2ccncc2C(=O)c2ccncc2)cc1. The highest BCUT2D eigenvalue weighted by atomic mass is 32.2. The van der Waals surface area contributed by atoms with Crippen molar-refractivity contribution >= 4 is 23.4 Å². The van der Waals surface area contributed by atoms with E-state index in [2.05, 4.69) is 14.7 Å². The molecule has 0 saturated heterocycles. The molecule has 3 aromatic rings. The molecule has 0 aliphatic heterocycles. The van der Waals surface area contributed by atoms with E-state index in [4.69, 9.17) is 4.74 Å². The minimum absolute atomic E-state index is 0.0933. The lowest BCUT2D eigenvalue weighted by molar-refractivity contribution is 0.103. The summed E-state index contributed by atoms with van der Waals surface area (Å²) in [5, 5.41) is 0. The summed E-state index contributed by atoms with van der Waals surface area (Å²) in [7, 11) is 0. The van der Waals surface area contributed by atoms with Crippen molar-refractivity contribution in [2.45, 2.75) is 24.8 Å². The topological polar surface area (TPSA) is 64.1 Å². The van der Waals surface area contributed by atoms with Crippen LogP contribution in [0.3, 0.4) is 0 Å². The molecule has 0 bridgehead atoms. The summed E-state index contributed by atoms with van der Waals surface area (Å²) in [6.07, 6.45) is 6.58. The first-order chi connectivity index (χ1) is 12.6. The number of nitrogens with zero attached hydrogens (tertiary/aromatic N) is 2. The number of rotatable bonds is 7. The molecule has 6 heteroatoms. The summed E-state index contributed by atoms with van der Waals surface area (Å²) in [6, 6.07) is 13.0. The fourth-order valence-corrected chi connectivity index (χ4v) is 2.97. The highest BCUT2D eigenvalue weighted by Crippen LogP contribution is 2.26. The minimum Gasteiger partial charge on any atom is -0.491 e. The lowest BCUT2D eigenvalue weighted by Gasteiger charge is -2.12. The third kappa shape index (κ3) is 4.61. The smallest absolute Gasteiger partial charge is 0.196 e. The van der Waals surface area contributed by atoms with Gasteiger partial charge in [-0.1, -0.05) is 0 Å². The monoisotopic (exact) mass is 365 g/mol. The fraction of sp³-hybridized carbons (Fsp3) is 0.150. The van der Waals surface area contributed by atoms with Crippen LogP contribution in [0.15, 0.2) is 72.1 Å². The number of ketones is 1. The molecular formula is C20H19N3O2S. The van der Waals surface area contributed by atoms with Gasteiger partial charge in [-0.2, -0.15) is 0 Å². The van der Waals surface area contributed by atoms with Crippen LogP contribution in [0, 0.1) is 0 Å². The van der Waals surface area contributed by atoms with E-state index in [0.29, 0.717) is 16.8 Å². The predicted octanol–water partition coefficient (Wildman–Crippen LogP) is 4.61. The van der Waals surface area contributed by atoms with Crippen LogP contribution in [0.4, 0.5) is 5.69 Å². The van der Waals surface area contributed by atoms with Crippen LogP contribution in [0.2, 0.25) is 0 Å². The Hall–Kier alpha value is -2.86. The van der Waals surface area contributed by atoms with Crippen LogP contribution in [0.5, 0.6) is 5.75 Å². The standard InChI is InChI=1S/C20H19N3O2S/c1-14(2)25-16-3-5-17(6-4-16)26-23-19-9-12-22-13-18(19)20(24)15-7-10-21-11-8-15/h3-14H,1-2H3,(H,22,23). The summed E-state index contributed by atoms with van der Waals surface area (Å²) in [5.74, 6) is 0.742. The zero-order valence-electron chi connectivity index (χ0n) is 14.5. The molecule has 0 fully saturated rings. The molecule has 2 heterocycles. The molecule has 0 radical (unpaired) electrons. The van der Waals surface area contributed by atoms with Crippen molar-refractivity contribution in [1.29, 1.82) is 0 Å². The van der Waals surface area contributed by atoms with Crippen molar-refractivity contribution in [3.8, 4) is 5.75 Å². The lowest BCUT2D eigenvalue weighted by Crippen LogP contribution is -2.06. The first-order valence-corrected chi connectivity index (χ1v) is 9.03. The van der Waals surface area contributed by atoms with Crippen LogP contribution in [0.25, 0.3) is 0 Å². The number of carbonyl (C=O) groups excluding carboxylic acids is 1. The summed E-state index contributed by atoms with van der Waals surface area (Å²) in [4.78, 5) is 21.7. The number of aromatic nitrogens is 2. The van der Waals surface area contributed by atoms with Crippen LogP contribution in [-0.4, -0.2) is 21.9 Å². The maximum absolute atomic E-state index is 12.7. The molecule has 0 spiro atoms. The molecule has 1 N–H and O–H groups in total. The van der Waals surface area contributed by atoms with E-state index in [-0.39, 0.29) is 11.9 Å². The zero-order chi connectivity index (χ0) is 18.4. The Morgan fingerprint density at radius 3 is 2.38 bits per heavy atom. The number of ether oxygens (including phenoxy) is 1. The molecule has 1 aromatic carbocycles. The van der Waals surface area contributed by atoms with Gasteiger partial charge >= 0.3 is 0 Å². The van der Waals surface area contributed by atoms with Gasteiger partial charge in [0.15, 0.2) is 5.78 Å². The molecular weight excluding hydrogens is 346 g/mol. The second kappa shape index (κ2) is 8.49. The lowest BCUT2D eigenvalue weighted by atomic mass is 10.1. The Balaban J connectivity index is 1.72. The average Bonchev–Trinajstić information content (AvgIpc) is 2.67. The third-order valence-electron chi connectivity index (χ3n) is 3.48. The second-order valence-corrected chi connectivity index (χ2v) is 6.71. The van der Waals surface area contributed by atoms with Gasteiger partial charge in [-0.25, -0.2) is 0 Å². The van der Waals surface area contributed by atoms with Gasteiger partial charge in [0.05, 0.1) is 17.4 Å². The Labute approximate surface area is 157 Å². The van der Waals surface area contributed by atoms with Crippen LogP contribution >= 0.6 is 11.9 Å². The third-order valence-corrected chi connectivity index (χ3v) is 4.31. The van der Waals surface area contributed by atoms with Crippen molar-refractivity contribution in [3.63, 3.8) is 0 Å². The van der Waals surface area contributed by atoms with Crippen molar-refractivity contribution in [2.24, 2.45) is 0 Å². The van der Waals surface area contributed by atoms with Crippen molar-refractivity contribution in [1.82, 2.24) is 9.97 Å². The number of hydrogen-bond acceptors (Lipinski definition) is 6. The van der Waals surface area contributed by atoms with E-state index in [1.807, 2.05) is 38.1 Å². The van der Waals surface area contributed by atoms with Gasteiger partial charge in [-0.05, 0) is 68.3 Å². The van der Waals surface area contributed by atoms with E-state index in [9.17, 15) is 4.79 Å². The molecule has 0 aliphatic carbocycles. The van der Waals surface area contributed by atoms with E-state index < -0.39 is 0 Å². The fourth-order valence-electron chi connectivity index (χ4n) is 2.30. The second-order valence-electron chi connectivity index (χ2n) is 5.83. The summed E-state index contributed by atoms with van der Waals surface area (Å²) in [5.41, 5.74) is 1.82. The molecule has 3 rings (SSSR count). The Kier molecular flexibility index (Phi) is 5.86. The number of benzene rings is 1. The number of anilines is 1. The number of nitrogens with one attached hydrogen (secondary N) is 1. The van der Waals surface area contributed by atoms with Crippen LogP contribution in [0.1, 0.15) is 29.8 Å². The average molecular weight is 365 g/mol. The molecule has 132 valence electrons. The van der Waals surface area contributed by atoms with Gasteiger partial charge in [0.2, 0.25) is 0 Å². The first kappa shape index (κ1) is 17.9. The molecule has 2 aromatic heterocycles. The first-order valence-electron chi connectivity index (χ1n) is 8.22. The normalized spacial score (nSPS) is 10.6. The van der Waals surface area contributed by atoms with Crippen LogP contribution in [-0.2, 0) is 0 Å². The van der Waals surface area contributed by atoms with E-state index in [1.165, 1.54) is 11.9 Å². The highest BCUT2D eigenvalue weighted by molar-refractivity contribution is 8.00. The van der Waals surface area contributed by atoms with Gasteiger partial charge in [0.25, 0.3) is 0 Å². The molecule has 0 amide bonds. The summed E-state index contributed by atoms with van der Waals surface area (Å²) in [6.45, 7) is 3.99. The van der Waals surface area contributed by atoms with Gasteiger partial charge < -0.3 is 9.46 Å². The Bertz CT molecular complexity index is 868. The van der Waals surface area contributed by atoms with Gasteiger partial charge in [-0.3, -0.25) is 14.8 Å². The van der Waals surface area contributed by atoms with Gasteiger partial charge in [0, 0.05) is 35.2 Å². The summed E-state index contributed by atoms with van der Waals surface area (Å²) < 4.78 is 8.88. The zero-order valence-corrected chi connectivity index (χ0v) is 15.4.